The van der Waals surface area contributed by atoms with Gasteiger partial charge in [0, 0.05) is 17.5 Å². The molecule has 7 heteroatoms. The number of nitrogens with one attached hydrogen (secondary N) is 1. The lowest BCUT2D eigenvalue weighted by atomic mass is 9.90. The van der Waals surface area contributed by atoms with Gasteiger partial charge in [-0.1, -0.05) is 0 Å². The summed E-state index contributed by atoms with van der Waals surface area (Å²) in [5.74, 6) is -1.19. The van der Waals surface area contributed by atoms with Crippen molar-refractivity contribution >= 4 is 23.2 Å². The standard InChI is InChI=1S/C14H16N2O4S/c1-14(2,13(18)19)4-5-15-11(17)10-8-21-12(16-10)9-3-6-20-7-9/h3,6-8H,4-5H2,1-2H3,(H,15,17)(H,18,19). The fraction of sp³-hybridized carbons (Fsp3) is 0.357. The fourth-order valence-electron chi connectivity index (χ4n) is 1.58. The normalized spacial score (nSPS) is 11.3. The molecule has 0 spiro atoms. The molecule has 0 aromatic carbocycles. The van der Waals surface area contributed by atoms with Gasteiger partial charge < -0.3 is 14.8 Å². The van der Waals surface area contributed by atoms with Crippen LogP contribution in [0.5, 0.6) is 0 Å². The Bertz CT molecular complexity index is 631. The Balaban J connectivity index is 1.91. The van der Waals surface area contributed by atoms with Gasteiger partial charge in [0.15, 0.2) is 0 Å². The Labute approximate surface area is 125 Å². The van der Waals surface area contributed by atoms with E-state index in [1.807, 2.05) is 0 Å². The van der Waals surface area contributed by atoms with Gasteiger partial charge in [-0.25, -0.2) is 4.98 Å². The van der Waals surface area contributed by atoms with Crippen molar-refractivity contribution in [2.24, 2.45) is 5.41 Å². The molecule has 0 fully saturated rings. The summed E-state index contributed by atoms with van der Waals surface area (Å²) in [5, 5.41) is 14.1. The molecule has 2 aromatic heterocycles. The highest BCUT2D eigenvalue weighted by molar-refractivity contribution is 7.13. The van der Waals surface area contributed by atoms with E-state index in [-0.39, 0.29) is 12.5 Å². The van der Waals surface area contributed by atoms with Crippen LogP contribution in [0.4, 0.5) is 0 Å². The number of furan rings is 1. The molecular weight excluding hydrogens is 292 g/mol. The van der Waals surface area contributed by atoms with Gasteiger partial charge in [0.1, 0.15) is 17.0 Å². The van der Waals surface area contributed by atoms with Crippen LogP contribution in [-0.2, 0) is 4.79 Å². The van der Waals surface area contributed by atoms with Crippen LogP contribution in [-0.4, -0.2) is 28.5 Å². The number of hydrogen-bond donors (Lipinski definition) is 2. The molecule has 6 nitrogen and oxygen atoms in total. The number of hydrogen-bond acceptors (Lipinski definition) is 5. The van der Waals surface area contributed by atoms with Crippen LogP contribution in [0.3, 0.4) is 0 Å². The number of aliphatic carboxylic acids is 1. The number of thiazole rings is 1. The van der Waals surface area contributed by atoms with Crippen molar-refractivity contribution in [2.45, 2.75) is 20.3 Å². The summed E-state index contributed by atoms with van der Waals surface area (Å²) in [6, 6.07) is 1.77. The van der Waals surface area contributed by atoms with Gasteiger partial charge >= 0.3 is 5.97 Å². The maximum Gasteiger partial charge on any atom is 0.309 e. The molecule has 0 aliphatic heterocycles. The van der Waals surface area contributed by atoms with Gasteiger partial charge in [-0.3, -0.25) is 9.59 Å². The van der Waals surface area contributed by atoms with Crippen LogP contribution >= 0.6 is 11.3 Å². The third kappa shape index (κ3) is 3.69. The van der Waals surface area contributed by atoms with Crippen molar-refractivity contribution < 1.29 is 19.1 Å². The molecule has 0 saturated carbocycles. The van der Waals surface area contributed by atoms with Gasteiger partial charge in [-0.15, -0.1) is 11.3 Å². The highest BCUT2D eigenvalue weighted by Crippen LogP contribution is 2.24. The van der Waals surface area contributed by atoms with E-state index in [2.05, 4.69) is 10.3 Å². The summed E-state index contributed by atoms with van der Waals surface area (Å²) < 4.78 is 4.97. The molecule has 112 valence electrons. The van der Waals surface area contributed by atoms with E-state index in [4.69, 9.17) is 9.52 Å². The van der Waals surface area contributed by atoms with Gasteiger partial charge in [-0.2, -0.15) is 0 Å². The Morgan fingerprint density at radius 1 is 1.48 bits per heavy atom. The second-order valence-electron chi connectivity index (χ2n) is 5.24. The summed E-state index contributed by atoms with van der Waals surface area (Å²) in [4.78, 5) is 27.1. The van der Waals surface area contributed by atoms with Crippen LogP contribution in [0.25, 0.3) is 10.6 Å². The average Bonchev–Trinajstić information content (AvgIpc) is 3.09. The zero-order valence-corrected chi connectivity index (χ0v) is 12.6. The first-order chi connectivity index (χ1) is 9.90. The van der Waals surface area contributed by atoms with Crippen LogP contribution in [0.15, 0.2) is 28.4 Å². The predicted molar refractivity (Wildman–Crippen MR) is 78.2 cm³/mol. The summed E-state index contributed by atoms with van der Waals surface area (Å²) in [7, 11) is 0. The molecule has 2 rings (SSSR count). The van der Waals surface area contributed by atoms with Gasteiger partial charge in [0.25, 0.3) is 5.91 Å². The molecule has 0 saturated heterocycles. The number of amides is 1. The lowest BCUT2D eigenvalue weighted by Gasteiger charge is -2.18. The number of carbonyl (C=O) groups excluding carboxylic acids is 1. The largest absolute Gasteiger partial charge is 0.481 e. The van der Waals surface area contributed by atoms with E-state index in [0.29, 0.717) is 17.1 Å². The zero-order valence-electron chi connectivity index (χ0n) is 11.8. The molecule has 21 heavy (non-hydrogen) atoms. The number of carbonyl (C=O) groups is 2. The topological polar surface area (TPSA) is 92.4 Å². The number of rotatable bonds is 6. The minimum absolute atomic E-state index is 0.288. The number of carboxylic acids is 1. The maximum absolute atomic E-state index is 11.9. The van der Waals surface area contributed by atoms with Crippen molar-refractivity contribution in [2.75, 3.05) is 6.54 Å². The predicted octanol–water partition coefficient (Wildman–Crippen LogP) is 2.63. The SMILES string of the molecule is CC(C)(CCNC(=O)c1csc(-c2ccoc2)n1)C(=O)O. The Kier molecular flexibility index (Phi) is 4.42. The monoisotopic (exact) mass is 308 g/mol. The smallest absolute Gasteiger partial charge is 0.309 e. The third-order valence-corrected chi connectivity index (χ3v) is 4.01. The van der Waals surface area contributed by atoms with Crippen LogP contribution in [0, 0.1) is 5.41 Å². The lowest BCUT2D eigenvalue weighted by molar-refractivity contribution is -0.147. The molecule has 0 bridgehead atoms. The molecule has 0 radical (unpaired) electrons. The Morgan fingerprint density at radius 2 is 2.24 bits per heavy atom. The number of aromatic nitrogens is 1. The van der Waals surface area contributed by atoms with Crippen LogP contribution in [0.1, 0.15) is 30.8 Å². The summed E-state index contributed by atoms with van der Waals surface area (Å²) in [5.41, 5.74) is 0.285. The Morgan fingerprint density at radius 3 is 2.86 bits per heavy atom. The minimum Gasteiger partial charge on any atom is -0.481 e. The molecule has 0 aliphatic rings. The van der Waals surface area contributed by atoms with Gasteiger partial charge in [0.2, 0.25) is 0 Å². The molecule has 2 aromatic rings. The van der Waals surface area contributed by atoms with Crippen molar-refractivity contribution in [3.8, 4) is 10.6 Å². The van der Waals surface area contributed by atoms with E-state index in [1.54, 1.807) is 37.8 Å². The number of carboxylic acid groups (broad SMARTS) is 1. The zero-order chi connectivity index (χ0) is 15.5. The molecular formula is C14H16N2O4S. The van der Waals surface area contributed by atoms with E-state index in [9.17, 15) is 9.59 Å². The first-order valence-electron chi connectivity index (χ1n) is 6.40. The third-order valence-electron chi connectivity index (χ3n) is 3.12. The molecule has 0 atom stereocenters. The molecule has 0 aliphatic carbocycles. The van der Waals surface area contributed by atoms with Gasteiger partial charge in [0.05, 0.1) is 11.7 Å². The van der Waals surface area contributed by atoms with Crippen LogP contribution in [0.2, 0.25) is 0 Å². The van der Waals surface area contributed by atoms with Crippen LogP contribution < -0.4 is 5.32 Å². The molecule has 1 amide bonds. The summed E-state index contributed by atoms with van der Waals surface area (Å²) in [6.45, 7) is 3.54. The second kappa shape index (κ2) is 6.09. The molecule has 0 unspecified atom stereocenters. The maximum atomic E-state index is 11.9. The first-order valence-corrected chi connectivity index (χ1v) is 7.28. The summed E-state index contributed by atoms with van der Waals surface area (Å²) >= 11 is 1.35. The highest BCUT2D eigenvalue weighted by atomic mass is 32.1. The lowest BCUT2D eigenvalue weighted by Crippen LogP contribution is -2.32. The van der Waals surface area contributed by atoms with Crippen molar-refractivity contribution in [1.82, 2.24) is 10.3 Å². The van der Waals surface area contributed by atoms with Gasteiger partial charge in [-0.05, 0) is 26.3 Å². The van der Waals surface area contributed by atoms with Crippen molar-refractivity contribution in [3.05, 3.63) is 29.7 Å². The first kappa shape index (κ1) is 15.2. The number of nitrogens with zero attached hydrogens (tertiary/aromatic N) is 1. The van der Waals surface area contributed by atoms with Crippen molar-refractivity contribution in [3.63, 3.8) is 0 Å². The second-order valence-corrected chi connectivity index (χ2v) is 6.10. The minimum atomic E-state index is -0.882. The molecule has 2 heterocycles. The van der Waals surface area contributed by atoms with E-state index in [0.717, 1.165) is 5.56 Å². The average molecular weight is 308 g/mol. The fourth-order valence-corrected chi connectivity index (χ4v) is 2.37. The van der Waals surface area contributed by atoms with E-state index < -0.39 is 11.4 Å². The summed E-state index contributed by atoms with van der Waals surface area (Å²) in [6.07, 6.45) is 3.47. The van der Waals surface area contributed by atoms with E-state index >= 15 is 0 Å². The van der Waals surface area contributed by atoms with E-state index in [1.165, 1.54) is 11.3 Å². The Hall–Kier alpha value is -2.15. The quantitative estimate of drug-likeness (QED) is 0.855. The van der Waals surface area contributed by atoms with Crippen molar-refractivity contribution in [1.29, 1.82) is 0 Å². The highest BCUT2D eigenvalue weighted by Gasteiger charge is 2.26. The molecule has 2 N–H and O–H groups in total.